The fraction of sp³-hybridized carbons (Fsp3) is 0.227. The SMILES string of the molecule is COc1ccc(CCNC(=O)COC(=O)C2=C(Nc3ccccc3)OCC2=O)cc1. The molecular weight excluding hydrogens is 388 g/mol. The van der Waals surface area contributed by atoms with E-state index in [9.17, 15) is 14.4 Å². The summed E-state index contributed by atoms with van der Waals surface area (Å²) in [5.74, 6) is -1.08. The van der Waals surface area contributed by atoms with Crippen molar-refractivity contribution in [3.05, 3.63) is 71.6 Å². The van der Waals surface area contributed by atoms with Gasteiger partial charge in [-0.15, -0.1) is 0 Å². The molecule has 0 radical (unpaired) electrons. The maximum atomic E-state index is 12.3. The molecule has 0 saturated heterocycles. The van der Waals surface area contributed by atoms with Crippen LogP contribution < -0.4 is 15.4 Å². The van der Waals surface area contributed by atoms with Crippen LogP contribution in [-0.2, 0) is 30.3 Å². The van der Waals surface area contributed by atoms with Crippen molar-refractivity contribution in [3.63, 3.8) is 0 Å². The van der Waals surface area contributed by atoms with Crippen LogP contribution in [0.3, 0.4) is 0 Å². The molecule has 0 bridgehead atoms. The predicted molar refractivity (Wildman–Crippen MR) is 109 cm³/mol. The van der Waals surface area contributed by atoms with E-state index in [2.05, 4.69) is 10.6 Å². The van der Waals surface area contributed by atoms with E-state index in [1.165, 1.54) is 0 Å². The molecule has 30 heavy (non-hydrogen) atoms. The van der Waals surface area contributed by atoms with E-state index < -0.39 is 24.3 Å². The zero-order valence-electron chi connectivity index (χ0n) is 16.5. The zero-order valence-corrected chi connectivity index (χ0v) is 16.5. The van der Waals surface area contributed by atoms with Crippen molar-refractivity contribution < 1.29 is 28.6 Å². The quantitative estimate of drug-likeness (QED) is 0.480. The summed E-state index contributed by atoms with van der Waals surface area (Å²) in [5.41, 5.74) is 1.46. The van der Waals surface area contributed by atoms with Crippen LogP contribution in [0.15, 0.2) is 66.1 Å². The van der Waals surface area contributed by atoms with E-state index in [0.29, 0.717) is 18.7 Å². The van der Waals surface area contributed by atoms with Gasteiger partial charge in [-0.3, -0.25) is 9.59 Å². The molecule has 0 aliphatic carbocycles. The number of benzene rings is 2. The van der Waals surface area contributed by atoms with Crippen molar-refractivity contribution in [1.29, 1.82) is 0 Å². The van der Waals surface area contributed by atoms with Gasteiger partial charge in [0.15, 0.2) is 18.8 Å². The molecule has 2 aromatic carbocycles. The lowest BCUT2D eigenvalue weighted by atomic mass is 10.1. The van der Waals surface area contributed by atoms with E-state index >= 15 is 0 Å². The van der Waals surface area contributed by atoms with Gasteiger partial charge in [0.1, 0.15) is 5.75 Å². The summed E-state index contributed by atoms with van der Waals surface area (Å²) >= 11 is 0. The molecule has 8 nitrogen and oxygen atoms in total. The number of hydrogen-bond acceptors (Lipinski definition) is 7. The highest BCUT2D eigenvalue weighted by molar-refractivity contribution is 6.20. The minimum Gasteiger partial charge on any atom is -0.497 e. The lowest BCUT2D eigenvalue weighted by molar-refractivity contribution is -0.145. The van der Waals surface area contributed by atoms with Crippen molar-refractivity contribution in [1.82, 2.24) is 5.32 Å². The summed E-state index contributed by atoms with van der Waals surface area (Å²) < 4.78 is 15.3. The highest BCUT2D eigenvalue weighted by Gasteiger charge is 2.32. The van der Waals surface area contributed by atoms with Crippen molar-refractivity contribution in [2.75, 3.05) is 32.2 Å². The molecule has 1 heterocycles. The summed E-state index contributed by atoms with van der Waals surface area (Å²) in [5, 5.41) is 5.55. The Labute approximate surface area is 173 Å². The average Bonchev–Trinajstić information content (AvgIpc) is 3.13. The zero-order chi connectivity index (χ0) is 21.3. The summed E-state index contributed by atoms with van der Waals surface area (Å²) in [7, 11) is 1.60. The Morgan fingerprint density at radius 2 is 1.80 bits per heavy atom. The standard InChI is InChI=1S/C22H22N2O6/c1-28-17-9-7-15(8-10-17)11-12-23-19(26)14-30-22(27)20-18(25)13-29-21(20)24-16-5-3-2-4-6-16/h2-10,24H,11-14H2,1H3,(H,23,26). The van der Waals surface area contributed by atoms with E-state index in [1.54, 1.807) is 31.4 Å². The number of ketones is 1. The Balaban J connectivity index is 1.47. The number of carbonyl (C=O) groups excluding carboxylic acids is 3. The van der Waals surface area contributed by atoms with Crippen LogP contribution in [-0.4, -0.2) is 44.5 Å². The lowest BCUT2D eigenvalue weighted by Crippen LogP contribution is -2.31. The second-order valence-corrected chi connectivity index (χ2v) is 6.43. The first-order chi connectivity index (χ1) is 14.6. The molecule has 0 fully saturated rings. The molecular formula is C22H22N2O6. The molecule has 1 aliphatic heterocycles. The number of nitrogens with one attached hydrogen (secondary N) is 2. The van der Waals surface area contributed by atoms with Gasteiger partial charge in [-0.1, -0.05) is 30.3 Å². The lowest BCUT2D eigenvalue weighted by Gasteiger charge is -2.09. The molecule has 0 aromatic heterocycles. The van der Waals surface area contributed by atoms with Gasteiger partial charge in [-0.2, -0.15) is 0 Å². The number of methoxy groups -OCH3 is 1. The fourth-order valence-electron chi connectivity index (χ4n) is 2.76. The van der Waals surface area contributed by atoms with E-state index in [4.69, 9.17) is 14.2 Å². The van der Waals surface area contributed by atoms with Gasteiger partial charge in [0, 0.05) is 12.2 Å². The van der Waals surface area contributed by atoms with Crippen LogP contribution in [0.4, 0.5) is 5.69 Å². The Bertz CT molecular complexity index is 938. The largest absolute Gasteiger partial charge is 0.497 e. The van der Waals surface area contributed by atoms with Crippen molar-refractivity contribution in [2.24, 2.45) is 0 Å². The second-order valence-electron chi connectivity index (χ2n) is 6.43. The number of amides is 1. The fourth-order valence-corrected chi connectivity index (χ4v) is 2.76. The molecule has 2 N–H and O–H groups in total. The van der Waals surface area contributed by atoms with Crippen molar-refractivity contribution in [3.8, 4) is 5.75 Å². The minimum atomic E-state index is -0.902. The molecule has 0 spiro atoms. The Kier molecular flexibility index (Phi) is 7.05. The monoisotopic (exact) mass is 410 g/mol. The number of esters is 1. The first-order valence-electron chi connectivity index (χ1n) is 9.36. The summed E-state index contributed by atoms with van der Waals surface area (Å²) in [4.78, 5) is 36.3. The van der Waals surface area contributed by atoms with Crippen LogP contribution in [0, 0.1) is 0 Å². The van der Waals surface area contributed by atoms with Gasteiger partial charge in [0.2, 0.25) is 11.7 Å². The molecule has 2 aromatic rings. The van der Waals surface area contributed by atoms with Gasteiger partial charge < -0.3 is 24.8 Å². The van der Waals surface area contributed by atoms with Crippen molar-refractivity contribution in [2.45, 2.75) is 6.42 Å². The number of Topliss-reactive ketones (excluding diaryl/α,β-unsaturated/α-hetero) is 1. The summed E-state index contributed by atoms with van der Waals surface area (Å²) in [6.07, 6.45) is 0.617. The van der Waals surface area contributed by atoms with Gasteiger partial charge in [-0.25, -0.2) is 4.79 Å². The topological polar surface area (TPSA) is 103 Å². The molecule has 1 amide bonds. The molecule has 3 rings (SSSR count). The Morgan fingerprint density at radius 3 is 2.50 bits per heavy atom. The third-order valence-corrected chi connectivity index (χ3v) is 4.32. The highest BCUT2D eigenvalue weighted by atomic mass is 16.5. The third-order valence-electron chi connectivity index (χ3n) is 4.32. The van der Waals surface area contributed by atoms with Crippen LogP contribution in [0.2, 0.25) is 0 Å². The Hall–Kier alpha value is -3.81. The normalized spacial score (nSPS) is 12.9. The molecule has 1 aliphatic rings. The molecule has 0 saturated carbocycles. The number of para-hydroxylation sites is 1. The molecule has 0 atom stereocenters. The number of ether oxygens (including phenoxy) is 3. The first-order valence-corrected chi connectivity index (χ1v) is 9.36. The molecule has 0 unspecified atom stereocenters. The van der Waals surface area contributed by atoms with Gasteiger partial charge >= 0.3 is 5.97 Å². The summed E-state index contributed by atoms with van der Waals surface area (Å²) in [6, 6.07) is 16.5. The number of carbonyl (C=O) groups is 3. The van der Waals surface area contributed by atoms with Crippen LogP contribution in [0.25, 0.3) is 0 Å². The van der Waals surface area contributed by atoms with Crippen molar-refractivity contribution >= 4 is 23.3 Å². The van der Waals surface area contributed by atoms with Crippen LogP contribution in [0.5, 0.6) is 5.75 Å². The van der Waals surface area contributed by atoms with Crippen LogP contribution in [0.1, 0.15) is 5.56 Å². The first kappa shape index (κ1) is 20.9. The molecule has 8 heteroatoms. The van der Waals surface area contributed by atoms with Gasteiger partial charge in [0.25, 0.3) is 5.91 Å². The maximum absolute atomic E-state index is 12.3. The smallest absolute Gasteiger partial charge is 0.347 e. The Morgan fingerprint density at radius 1 is 1.07 bits per heavy atom. The summed E-state index contributed by atoms with van der Waals surface area (Å²) in [6.45, 7) is -0.362. The maximum Gasteiger partial charge on any atom is 0.347 e. The number of hydrogen-bond donors (Lipinski definition) is 2. The van der Waals surface area contributed by atoms with Gasteiger partial charge in [-0.05, 0) is 36.2 Å². The predicted octanol–water partition coefficient (Wildman–Crippen LogP) is 1.82. The highest BCUT2D eigenvalue weighted by Crippen LogP contribution is 2.20. The van der Waals surface area contributed by atoms with Crippen LogP contribution >= 0.6 is 0 Å². The molecule has 156 valence electrons. The third kappa shape index (κ3) is 5.60. The second kappa shape index (κ2) is 10.1. The van der Waals surface area contributed by atoms with Gasteiger partial charge in [0.05, 0.1) is 7.11 Å². The van der Waals surface area contributed by atoms with E-state index in [0.717, 1.165) is 11.3 Å². The minimum absolute atomic E-state index is 0.0242. The number of anilines is 1. The van der Waals surface area contributed by atoms with E-state index in [1.807, 2.05) is 30.3 Å². The number of rotatable bonds is 9. The van der Waals surface area contributed by atoms with E-state index in [-0.39, 0.29) is 18.1 Å². The average molecular weight is 410 g/mol.